The number of pyridine rings is 1. The molecule has 1 N–H and O–H groups in total. The van der Waals surface area contributed by atoms with Crippen molar-refractivity contribution in [3.05, 3.63) is 93.0 Å². The second-order valence-electron chi connectivity index (χ2n) is 12.6. The number of carbonyl (C=O) groups is 1. The fourth-order valence-electron chi connectivity index (χ4n) is 6.60. The Balaban J connectivity index is 1.12. The molecule has 3 aromatic heterocycles. The van der Waals surface area contributed by atoms with Crippen LogP contribution in [-0.2, 0) is 4.79 Å². The summed E-state index contributed by atoms with van der Waals surface area (Å²) in [6.45, 7) is 1.94. The van der Waals surface area contributed by atoms with Crippen LogP contribution in [-0.4, -0.2) is 25.4 Å². The van der Waals surface area contributed by atoms with Gasteiger partial charge in [0.05, 0.1) is 26.7 Å². The normalized spacial score (nSPS) is 19.3. The molecule has 2 saturated carbocycles. The molecule has 0 bridgehead atoms. The van der Waals surface area contributed by atoms with Gasteiger partial charge in [0, 0.05) is 19.0 Å². The Morgan fingerprint density at radius 2 is 1.78 bits per heavy atom. The van der Waals surface area contributed by atoms with E-state index in [0.717, 1.165) is 55.2 Å². The lowest BCUT2D eigenvalue weighted by molar-refractivity contribution is -0.116. The molecule has 232 valence electrons. The summed E-state index contributed by atoms with van der Waals surface area (Å²) in [4.78, 5) is 36.1. The van der Waals surface area contributed by atoms with Gasteiger partial charge in [0.25, 0.3) is 0 Å². The smallest absolute Gasteiger partial charge is 0.353 e. The Morgan fingerprint density at radius 1 is 1.04 bits per heavy atom. The van der Waals surface area contributed by atoms with Crippen molar-refractivity contribution < 1.29 is 14.6 Å². The van der Waals surface area contributed by atoms with Gasteiger partial charge in [-0.25, -0.2) is 9.78 Å². The summed E-state index contributed by atoms with van der Waals surface area (Å²) in [7, 11) is 0. The monoisotopic (exact) mass is 630 g/mol. The average Bonchev–Trinajstić information content (AvgIpc) is 3.81. The van der Waals surface area contributed by atoms with Gasteiger partial charge in [-0.2, -0.15) is 10.2 Å². The zero-order valence-corrected chi connectivity index (χ0v) is 26.4. The van der Waals surface area contributed by atoms with Crippen molar-refractivity contribution in [2.75, 3.05) is 0 Å². The molecule has 0 saturated heterocycles. The van der Waals surface area contributed by atoms with Gasteiger partial charge in [0.15, 0.2) is 5.78 Å². The van der Waals surface area contributed by atoms with E-state index >= 15 is 0 Å². The molecule has 2 aliphatic carbocycles. The Bertz CT molecular complexity index is 2130. The SMILES string of the molecule is Cc1cc(Oc2ccccc2)ccc1-n1c(=O)nc2c(=C(O)CC3CCC(CC(=O)/C(C#N)=C/C4CC4)CC3)sc3nccc1c32. The maximum absolute atomic E-state index is 13.6. The van der Waals surface area contributed by atoms with Crippen LogP contribution in [0.3, 0.4) is 0 Å². The standard InChI is InChI=1S/C37H34N4O4S/c1-22-17-28(45-27-5-3-2-4-6-27)13-14-29(22)41-30-15-16-39-36-33(30)34(40-37(41)44)35(46-36)32(43)20-25-11-9-24(10-12-25)19-31(42)26(21-38)18-23-7-8-23/h2-6,13-18,23-25,43H,7-12,19-20H2,1H3/b26-18+,35-32?. The third-order valence-electron chi connectivity index (χ3n) is 9.20. The maximum Gasteiger partial charge on any atom is 0.353 e. The Kier molecular flexibility index (Phi) is 8.14. The van der Waals surface area contributed by atoms with E-state index in [1.54, 1.807) is 10.8 Å². The first kappa shape index (κ1) is 29.9. The number of hydrogen-bond acceptors (Lipinski definition) is 8. The number of rotatable bonds is 9. The van der Waals surface area contributed by atoms with E-state index in [0.29, 0.717) is 56.2 Å². The van der Waals surface area contributed by atoms with E-state index in [9.17, 15) is 20.0 Å². The molecule has 0 unspecified atom stereocenters. The number of benzene rings is 2. The number of aromatic nitrogens is 3. The molecule has 2 aliphatic rings. The van der Waals surface area contributed by atoms with Crippen molar-refractivity contribution in [1.82, 2.24) is 14.5 Å². The molecule has 9 heteroatoms. The second kappa shape index (κ2) is 12.5. The largest absolute Gasteiger partial charge is 0.511 e. The Hall–Kier alpha value is -4.81. The van der Waals surface area contributed by atoms with Crippen LogP contribution in [0.2, 0.25) is 0 Å². The number of aliphatic hydroxyl groups is 1. The molecule has 5 aromatic rings. The molecule has 46 heavy (non-hydrogen) atoms. The van der Waals surface area contributed by atoms with Crippen LogP contribution in [0, 0.1) is 36.0 Å². The summed E-state index contributed by atoms with van der Waals surface area (Å²) < 4.78 is 8.18. The molecule has 0 radical (unpaired) electrons. The number of ether oxygens (including phenoxy) is 1. The summed E-state index contributed by atoms with van der Waals surface area (Å²) in [5.41, 5.74) is 2.62. The highest BCUT2D eigenvalue weighted by Crippen LogP contribution is 2.36. The van der Waals surface area contributed by atoms with Crippen molar-refractivity contribution in [2.24, 2.45) is 17.8 Å². The van der Waals surface area contributed by atoms with Crippen molar-refractivity contribution >= 4 is 44.1 Å². The van der Waals surface area contributed by atoms with Crippen LogP contribution in [0.5, 0.6) is 11.5 Å². The lowest BCUT2D eigenvalue weighted by Crippen LogP contribution is -2.24. The van der Waals surface area contributed by atoms with Crippen LogP contribution in [0.25, 0.3) is 32.7 Å². The molecule has 2 aromatic carbocycles. The summed E-state index contributed by atoms with van der Waals surface area (Å²) in [6.07, 6.45) is 10.2. The van der Waals surface area contributed by atoms with E-state index in [2.05, 4.69) is 16.0 Å². The predicted octanol–water partition coefficient (Wildman–Crippen LogP) is 7.50. The number of aryl methyl sites for hydroxylation is 1. The minimum atomic E-state index is -0.426. The number of Topliss-reactive ketones (excluding diaryl/α,β-unsaturated/α-hetero) is 1. The third kappa shape index (κ3) is 6.05. The van der Waals surface area contributed by atoms with Gasteiger partial charge in [-0.05, 0) is 105 Å². The van der Waals surface area contributed by atoms with Gasteiger partial charge in [-0.3, -0.25) is 9.36 Å². The summed E-state index contributed by atoms with van der Waals surface area (Å²) in [5, 5.41) is 21.5. The minimum Gasteiger partial charge on any atom is -0.511 e. The lowest BCUT2D eigenvalue weighted by atomic mass is 9.78. The number of nitrogens with zero attached hydrogens (tertiary/aromatic N) is 4. The number of thiophene rings is 1. The van der Waals surface area contributed by atoms with Crippen LogP contribution in [0.15, 0.2) is 77.2 Å². The summed E-state index contributed by atoms with van der Waals surface area (Å²) >= 11 is 1.36. The van der Waals surface area contributed by atoms with E-state index in [-0.39, 0.29) is 23.4 Å². The van der Waals surface area contributed by atoms with Crippen molar-refractivity contribution in [2.45, 2.75) is 58.3 Å². The van der Waals surface area contributed by atoms with Gasteiger partial charge in [0.1, 0.15) is 33.7 Å². The molecule has 0 aliphatic heterocycles. The number of hydrogen-bond donors (Lipinski definition) is 1. The molecule has 7 rings (SSSR count). The number of nitriles is 1. The first-order chi connectivity index (χ1) is 22.4. The molecule has 0 atom stereocenters. The number of para-hydroxylation sites is 1. The zero-order valence-electron chi connectivity index (χ0n) is 25.6. The van der Waals surface area contributed by atoms with Crippen LogP contribution >= 0.6 is 11.3 Å². The van der Waals surface area contributed by atoms with E-state index in [4.69, 9.17) is 4.74 Å². The van der Waals surface area contributed by atoms with E-state index < -0.39 is 5.69 Å². The number of allylic oxidation sites excluding steroid dienone is 2. The van der Waals surface area contributed by atoms with Gasteiger partial charge < -0.3 is 9.84 Å². The van der Waals surface area contributed by atoms with Gasteiger partial charge >= 0.3 is 5.69 Å². The third-order valence-corrected chi connectivity index (χ3v) is 10.3. The topological polar surface area (TPSA) is 118 Å². The number of aliphatic hydroxyl groups excluding tert-OH is 1. The summed E-state index contributed by atoms with van der Waals surface area (Å²) in [6, 6.07) is 19.1. The maximum atomic E-state index is 13.6. The summed E-state index contributed by atoms with van der Waals surface area (Å²) in [5.74, 6) is 2.53. The molecular weight excluding hydrogens is 596 g/mol. The molecular formula is C37H34N4O4S. The quantitative estimate of drug-likeness (QED) is 0.132. The van der Waals surface area contributed by atoms with E-state index in [1.165, 1.54) is 11.3 Å². The molecule has 0 amide bonds. The highest BCUT2D eigenvalue weighted by Gasteiger charge is 2.27. The average molecular weight is 631 g/mol. The highest BCUT2D eigenvalue weighted by atomic mass is 32.1. The van der Waals surface area contributed by atoms with Crippen molar-refractivity contribution in [1.29, 1.82) is 5.26 Å². The fraction of sp³-hybridized carbons (Fsp3) is 0.324. The highest BCUT2D eigenvalue weighted by molar-refractivity contribution is 7.17. The molecule has 0 spiro atoms. The Morgan fingerprint density at radius 3 is 2.48 bits per heavy atom. The van der Waals surface area contributed by atoms with Crippen LogP contribution in [0.1, 0.15) is 56.9 Å². The first-order valence-electron chi connectivity index (χ1n) is 15.9. The fourth-order valence-corrected chi connectivity index (χ4v) is 7.65. The van der Waals surface area contributed by atoms with Crippen molar-refractivity contribution in [3.8, 4) is 23.3 Å². The first-order valence-corrected chi connectivity index (χ1v) is 16.7. The van der Waals surface area contributed by atoms with E-state index in [1.807, 2.05) is 67.6 Å². The molecule has 3 heterocycles. The zero-order chi connectivity index (χ0) is 31.8. The van der Waals surface area contributed by atoms with Crippen molar-refractivity contribution in [3.63, 3.8) is 0 Å². The molecule has 8 nitrogen and oxygen atoms in total. The lowest BCUT2D eigenvalue weighted by Gasteiger charge is -2.27. The van der Waals surface area contributed by atoms with Crippen LogP contribution < -0.4 is 15.0 Å². The van der Waals surface area contributed by atoms with Gasteiger partial charge in [0.2, 0.25) is 0 Å². The number of ketones is 1. The van der Waals surface area contributed by atoms with Gasteiger partial charge in [-0.1, -0.05) is 24.3 Å². The minimum absolute atomic E-state index is 0.0353. The predicted molar refractivity (Wildman–Crippen MR) is 179 cm³/mol. The molecule has 2 fully saturated rings. The van der Waals surface area contributed by atoms with Gasteiger partial charge in [-0.15, -0.1) is 11.3 Å². The second-order valence-corrected chi connectivity index (χ2v) is 13.6. The van der Waals surface area contributed by atoms with Crippen LogP contribution in [0.4, 0.5) is 0 Å². The Labute approximate surface area is 270 Å². The number of carbonyl (C=O) groups excluding carboxylic acids is 1.